The van der Waals surface area contributed by atoms with Gasteiger partial charge in [0.05, 0.1) is 11.9 Å². The zero-order valence-corrected chi connectivity index (χ0v) is 9.71. The Morgan fingerprint density at radius 3 is 2.75 bits per heavy atom. The second-order valence-corrected chi connectivity index (χ2v) is 4.68. The molecule has 0 aromatic carbocycles. The molecule has 0 unspecified atom stereocenters. The van der Waals surface area contributed by atoms with Crippen molar-refractivity contribution in [2.75, 3.05) is 18.9 Å². The van der Waals surface area contributed by atoms with Crippen LogP contribution in [0.15, 0.2) is 18.3 Å². The quantitative estimate of drug-likeness (QED) is 0.809. The third-order valence-electron chi connectivity index (χ3n) is 3.06. The lowest BCUT2D eigenvalue weighted by atomic mass is 10.1. The van der Waals surface area contributed by atoms with Crippen molar-refractivity contribution in [1.29, 1.82) is 0 Å². The summed E-state index contributed by atoms with van der Waals surface area (Å²) in [5.41, 5.74) is 1.72. The molecule has 2 rings (SSSR count). The fourth-order valence-electron chi connectivity index (χ4n) is 1.45. The molecule has 4 heteroatoms. The van der Waals surface area contributed by atoms with Crippen molar-refractivity contribution in [3.05, 3.63) is 24.0 Å². The molecule has 1 fully saturated rings. The van der Waals surface area contributed by atoms with Crippen LogP contribution >= 0.6 is 0 Å². The predicted molar refractivity (Wildman–Crippen MR) is 63.5 cm³/mol. The molecule has 1 aromatic rings. The molecule has 16 heavy (non-hydrogen) atoms. The molecule has 1 aliphatic carbocycles. The smallest absolute Gasteiger partial charge is 0.269 e. The number of nitrogens with one attached hydrogen (secondary N) is 2. The van der Waals surface area contributed by atoms with Gasteiger partial charge in [-0.1, -0.05) is 6.92 Å². The Morgan fingerprint density at radius 1 is 1.50 bits per heavy atom. The van der Waals surface area contributed by atoms with Gasteiger partial charge in [-0.05, 0) is 30.4 Å². The molecule has 1 aromatic heterocycles. The fraction of sp³-hybridized carbons (Fsp3) is 0.500. The molecular weight excluding hydrogens is 202 g/mol. The average Bonchev–Trinajstić information content (AvgIpc) is 3.05. The first-order valence-electron chi connectivity index (χ1n) is 5.55. The summed E-state index contributed by atoms with van der Waals surface area (Å²) in [4.78, 5) is 15.8. The van der Waals surface area contributed by atoms with Crippen LogP contribution in [0.2, 0.25) is 0 Å². The van der Waals surface area contributed by atoms with Crippen LogP contribution < -0.4 is 10.6 Å². The van der Waals surface area contributed by atoms with Crippen molar-refractivity contribution in [2.24, 2.45) is 5.41 Å². The van der Waals surface area contributed by atoms with Gasteiger partial charge in [-0.15, -0.1) is 0 Å². The molecule has 0 bridgehead atoms. The standard InChI is InChI=1S/C12H17N3O/c1-12(5-6-12)8-15-11(16)10-4-3-9(13-2)7-14-10/h3-4,7,13H,5-6,8H2,1-2H3,(H,15,16). The van der Waals surface area contributed by atoms with Crippen LogP contribution in [0.3, 0.4) is 0 Å². The van der Waals surface area contributed by atoms with Gasteiger partial charge in [0.25, 0.3) is 5.91 Å². The lowest BCUT2D eigenvalue weighted by Crippen LogP contribution is -2.29. The summed E-state index contributed by atoms with van der Waals surface area (Å²) in [6, 6.07) is 3.58. The number of nitrogens with zero attached hydrogens (tertiary/aromatic N) is 1. The van der Waals surface area contributed by atoms with Gasteiger partial charge in [-0.25, -0.2) is 4.98 Å². The first kappa shape index (κ1) is 10.9. The van der Waals surface area contributed by atoms with Crippen molar-refractivity contribution in [2.45, 2.75) is 19.8 Å². The molecule has 0 saturated heterocycles. The number of hydrogen-bond acceptors (Lipinski definition) is 3. The second kappa shape index (κ2) is 4.12. The summed E-state index contributed by atoms with van der Waals surface area (Å²) in [7, 11) is 1.82. The highest BCUT2D eigenvalue weighted by Crippen LogP contribution is 2.44. The first-order valence-corrected chi connectivity index (χ1v) is 5.55. The van der Waals surface area contributed by atoms with E-state index >= 15 is 0 Å². The Morgan fingerprint density at radius 2 is 2.25 bits per heavy atom. The SMILES string of the molecule is CNc1ccc(C(=O)NCC2(C)CC2)nc1. The van der Waals surface area contributed by atoms with E-state index in [2.05, 4.69) is 22.5 Å². The summed E-state index contributed by atoms with van der Waals surface area (Å²) in [5.74, 6) is -0.0872. The Balaban J connectivity index is 1.92. The van der Waals surface area contributed by atoms with Gasteiger partial charge in [0, 0.05) is 13.6 Å². The van der Waals surface area contributed by atoms with Crippen LogP contribution in [-0.4, -0.2) is 24.5 Å². The number of carbonyl (C=O) groups excluding carboxylic acids is 1. The fourth-order valence-corrected chi connectivity index (χ4v) is 1.45. The topological polar surface area (TPSA) is 54.0 Å². The minimum atomic E-state index is -0.0872. The molecular formula is C12H17N3O. The highest BCUT2D eigenvalue weighted by molar-refractivity contribution is 5.92. The molecule has 2 N–H and O–H groups in total. The molecule has 1 aliphatic rings. The van der Waals surface area contributed by atoms with E-state index in [4.69, 9.17) is 0 Å². The molecule has 0 spiro atoms. The van der Waals surface area contributed by atoms with Gasteiger partial charge in [0.1, 0.15) is 5.69 Å². The van der Waals surface area contributed by atoms with Gasteiger partial charge >= 0.3 is 0 Å². The van der Waals surface area contributed by atoms with Gasteiger partial charge in [-0.2, -0.15) is 0 Å². The number of pyridine rings is 1. The number of anilines is 1. The van der Waals surface area contributed by atoms with Crippen molar-refractivity contribution >= 4 is 11.6 Å². The van der Waals surface area contributed by atoms with Gasteiger partial charge < -0.3 is 10.6 Å². The van der Waals surface area contributed by atoms with E-state index in [1.807, 2.05) is 13.1 Å². The molecule has 1 amide bonds. The van der Waals surface area contributed by atoms with E-state index in [1.165, 1.54) is 12.8 Å². The van der Waals surface area contributed by atoms with E-state index in [0.717, 1.165) is 12.2 Å². The van der Waals surface area contributed by atoms with Gasteiger partial charge in [-0.3, -0.25) is 4.79 Å². The number of amides is 1. The highest BCUT2D eigenvalue weighted by atomic mass is 16.1. The monoisotopic (exact) mass is 219 g/mol. The van der Waals surface area contributed by atoms with Crippen LogP contribution in [0.1, 0.15) is 30.3 Å². The minimum Gasteiger partial charge on any atom is -0.387 e. The third-order valence-corrected chi connectivity index (χ3v) is 3.06. The van der Waals surface area contributed by atoms with E-state index in [1.54, 1.807) is 12.3 Å². The van der Waals surface area contributed by atoms with Crippen molar-refractivity contribution in [3.63, 3.8) is 0 Å². The Labute approximate surface area is 95.5 Å². The van der Waals surface area contributed by atoms with E-state index < -0.39 is 0 Å². The summed E-state index contributed by atoms with van der Waals surface area (Å²) in [5, 5.41) is 5.88. The second-order valence-electron chi connectivity index (χ2n) is 4.68. The zero-order chi connectivity index (χ0) is 11.6. The Kier molecular flexibility index (Phi) is 2.81. The Bertz CT molecular complexity index is 382. The molecule has 86 valence electrons. The number of aromatic nitrogens is 1. The van der Waals surface area contributed by atoms with Crippen LogP contribution in [-0.2, 0) is 0 Å². The average molecular weight is 219 g/mol. The summed E-state index contributed by atoms with van der Waals surface area (Å²) in [6.07, 6.45) is 4.08. The normalized spacial score (nSPS) is 16.6. The third kappa shape index (κ3) is 2.51. The van der Waals surface area contributed by atoms with Crippen LogP contribution in [0, 0.1) is 5.41 Å². The van der Waals surface area contributed by atoms with E-state index in [0.29, 0.717) is 11.1 Å². The number of carbonyl (C=O) groups is 1. The number of hydrogen-bond donors (Lipinski definition) is 2. The largest absolute Gasteiger partial charge is 0.387 e. The molecule has 1 saturated carbocycles. The maximum absolute atomic E-state index is 11.7. The number of rotatable bonds is 4. The summed E-state index contributed by atoms with van der Waals surface area (Å²) < 4.78 is 0. The molecule has 4 nitrogen and oxygen atoms in total. The summed E-state index contributed by atoms with van der Waals surface area (Å²) in [6.45, 7) is 2.94. The van der Waals surface area contributed by atoms with E-state index in [9.17, 15) is 4.79 Å². The molecule has 0 aliphatic heterocycles. The van der Waals surface area contributed by atoms with Crippen LogP contribution in [0.5, 0.6) is 0 Å². The minimum absolute atomic E-state index is 0.0872. The van der Waals surface area contributed by atoms with Crippen molar-refractivity contribution in [1.82, 2.24) is 10.3 Å². The maximum atomic E-state index is 11.7. The highest BCUT2D eigenvalue weighted by Gasteiger charge is 2.37. The lowest BCUT2D eigenvalue weighted by Gasteiger charge is -2.09. The zero-order valence-electron chi connectivity index (χ0n) is 9.71. The Hall–Kier alpha value is -1.58. The summed E-state index contributed by atoms with van der Waals surface area (Å²) >= 11 is 0. The van der Waals surface area contributed by atoms with Crippen molar-refractivity contribution in [3.8, 4) is 0 Å². The molecule has 0 radical (unpaired) electrons. The first-order chi connectivity index (χ1) is 7.63. The van der Waals surface area contributed by atoms with Crippen molar-refractivity contribution < 1.29 is 4.79 Å². The maximum Gasteiger partial charge on any atom is 0.269 e. The van der Waals surface area contributed by atoms with Crippen LogP contribution in [0.4, 0.5) is 5.69 Å². The van der Waals surface area contributed by atoms with E-state index in [-0.39, 0.29) is 5.91 Å². The molecule has 0 atom stereocenters. The van der Waals surface area contributed by atoms with Gasteiger partial charge in [0.2, 0.25) is 0 Å². The molecule has 1 heterocycles. The van der Waals surface area contributed by atoms with Crippen LogP contribution in [0.25, 0.3) is 0 Å². The van der Waals surface area contributed by atoms with Gasteiger partial charge in [0.15, 0.2) is 0 Å². The predicted octanol–water partition coefficient (Wildman–Crippen LogP) is 1.65. The lowest BCUT2D eigenvalue weighted by molar-refractivity contribution is 0.0941.